The van der Waals surface area contributed by atoms with E-state index in [4.69, 9.17) is 19.0 Å². The van der Waals surface area contributed by atoms with Crippen LogP contribution in [0.15, 0.2) is 59.3 Å². The number of aromatic nitrogens is 2. The Labute approximate surface area is 270 Å². The highest BCUT2D eigenvalue weighted by atomic mass is 32.1. The number of H-pyrrole nitrogens is 1. The number of rotatable bonds is 6. The second kappa shape index (κ2) is 11.3. The maximum atomic E-state index is 13.9. The van der Waals surface area contributed by atoms with Crippen LogP contribution < -0.4 is 10.8 Å². The molecule has 0 radical (unpaired) electrons. The minimum Gasteiger partial charge on any atom is -0.453 e. The third-order valence-electron chi connectivity index (χ3n) is 9.31. The Bertz CT molecular complexity index is 1880. The summed E-state index contributed by atoms with van der Waals surface area (Å²) in [7, 11) is 0.899. The van der Waals surface area contributed by atoms with Crippen molar-refractivity contribution in [3.63, 3.8) is 0 Å². The molecule has 1 unspecified atom stereocenters. The van der Waals surface area contributed by atoms with Crippen molar-refractivity contribution < 1.29 is 23.6 Å². The predicted octanol–water partition coefficient (Wildman–Crippen LogP) is 6.57. The van der Waals surface area contributed by atoms with Crippen molar-refractivity contribution in [2.24, 2.45) is 0 Å². The highest BCUT2D eigenvalue weighted by molar-refractivity contribution is 7.29. The Morgan fingerprint density at radius 2 is 1.80 bits per heavy atom. The first-order valence-corrected chi connectivity index (χ1v) is 16.9. The molecule has 7 rings (SSSR count). The van der Waals surface area contributed by atoms with Gasteiger partial charge in [0.2, 0.25) is 0 Å². The quantitative estimate of drug-likeness (QED) is 0.203. The normalized spacial score (nSPS) is 19.8. The largest absolute Gasteiger partial charge is 0.497 e. The molecule has 0 spiro atoms. The number of thiophene rings is 2. The molecule has 3 aromatic heterocycles. The van der Waals surface area contributed by atoms with Gasteiger partial charge < -0.3 is 29.2 Å². The van der Waals surface area contributed by atoms with Gasteiger partial charge in [0.15, 0.2) is 0 Å². The number of carbonyl (C=O) groups excluding carboxylic acids is 2. The Hall–Kier alpha value is -3.71. The van der Waals surface area contributed by atoms with Gasteiger partial charge in [0.25, 0.3) is 5.91 Å². The number of nitrogens with one attached hydrogen (secondary N) is 2. The molecule has 2 aliphatic heterocycles. The molecule has 9 nitrogen and oxygen atoms in total. The van der Waals surface area contributed by atoms with Crippen LogP contribution in [0.4, 0.5) is 4.79 Å². The number of nitrogens with zero attached hydrogens (tertiary/aromatic N) is 2. The number of likely N-dealkylation sites (tertiary alicyclic amines) is 1. The van der Waals surface area contributed by atoms with E-state index in [9.17, 15) is 9.59 Å². The summed E-state index contributed by atoms with van der Waals surface area (Å²) in [6.07, 6.45) is 0.968. The molecule has 2 N–H and O–H groups in total. The molecule has 2 aromatic carbocycles. The molecule has 2 fully saturated rings. The standard InChI is InChI=1S/C33H35BN4O5S2/c1-32(2)33(3,4)43-34(42-32)22-18-45-27-21(17-44-28(22)27)20-13-14-23-24(16-20)36-29(35-23)25-12-9-15-38(25)30(39)26(37-31(40)41-5)19-10-7-6-8-11-19/h6-8,10-11,13-14,16-18,25-26H,9,12,15H2,1-5H3,(H,35,36)(H,37,40)/t25?,26-/m1/s1. The van der Waals surface area contributed by atoms with Gasteiger partial charge in [-0.05, 0) is 69.2 Å². The number of hydrogen-bond donors (Lipinski definition) is 2. The van der Waals surface area contributed by atoms with Crippen LogP contribution in [0.25, 0.3) is 31.6 Å². The molecule has 0 aliphatic carbocycles. The second-order valence-corrected chi connectivity index (χ2v) is 14.4. The first-order chi connectivity index (χ1) is 21.6. The number of aromatic amines is 1. The number of amides is 2. The van der Waals surface area contributed by atoms with Crippen LogP contribution in [-0.2, 0) is 18.8 Å². The zero-order chi connectivity index (χ0) is 31.5. The summed E-state index contributed by atoms with van der Waals surface area (Å²) in [6.45, 7) is 8.88. The molecule has 232 valence electrons. The first-order valence-electron chi connectivity index (χ1n) is 15.1. The van der Waals surface area contributed by atoms with Crippen molar-refractivity contribution in [3.8, 4) is 11.1 Å². The molecule has 0 saturated carbocycles. The fourth-order valence-electron chi connectivity index (χ4n) is 6.12. The Kier molecular flexibility index (Phi) is 7.51. The molecule has 0 bridgehead atoms. The van der Waals surface area contributed by atoms with Crippen LogP contribution in [0, 0.1) is 0 Å². The number of ether oxygens (including phenoxy) is 1. The number of carbonyl (C=O) groups is 2. The van der Waals surface area contributed by atoms with E-state index in [0.29, 0.717) is 12.1 Å². The summed E-state index contributed by atoms with van der Waals surface area (Å²) in [4.78, 5) is 36.3. The van der Waals surface area contributed by atoms with Crippen molar-refractivity contribution in [1.29, 1.82) is 0 Å². The Balaban J connectivity index is 1.16. The van der Waals surface area contributed by atoms with Crippen molar-refractivity contribution >= 4 is 67.7 Å². The molecule has 2 amide bonds. The molecule has 12 heteroatoms. The summed E-state index contributed by atoms with van der Waals surface area (Å²) in [6, 6.07) is 14.4. The Morgan fingerprint density at radius 1 is 1.07 bits per heavy atom. The zero-order valence-electron chi connectivity index (χ0n) is 25.9. The van der Waals surface area contributed by atoms with Crippen LogP contribution in [0.5, 0.6) is 0 Å². The lowest BCUT2D eigenvalue weighted by molar-refractivity contribution is -0.134. The highest BCUT2D eigenvalue weighted by Gasteiger charge is 2.52. The minimum atomic E-state index is -0.857. The van der Waals surface area contributed by atoms with E-state index < -0.39 is 30.5 Å². The summed E-state index contributed by atoms with van der Waals surface area (Å²) in [5, 5.41) is 7.08. The van der Waals surface area contributed by atoms with Gasteiger partial charge in [0.1, 0.15) is 11.9 Å². The first kappa shape index (κ1) is 30.0. The molecular weight excluding hydrogens is 607 g/mol. The highest BCUT2D eigenvalue weighted by Crippen LogP contribution is 2.42. The smallest absolute Gasteiger partial charge is 0.453 e. The van der Waals surface area contributed by atoms with Gasteiger partial charge in [-0.1, -0.05) is 36.4 Å². The lowest BCUT2D eigenvalue weighted by atomic mass is 9.81. The number of imidazole rings is 1. The molecular formula is C33H35BN4O5S2. The number of fused-ring (bicyclic) bond motifs is 2. The molecule has 2 atom stereocenters. The van der Waals surface area contributed by atoms with Crippen molar-refractivity contribution in [3.05, 3.63) is 70.7 Å². The summed E-state index contributed by atoms with van der Waals surface area (Å²) in [5.41, 5.74) is 5.01. The summed E-state index contributed by atoms with van der Waals surface area (Å²) in [5.74, 6) is 0.555. The van der Waals surface area contributed by atoms with Crippen LogP contribution in [0.3, 0.4) is 0 Å². The third kappa shape index (κ3) is 5.23. The molecule has 5 aromatic rings. The SMILES string of the molecule is COC(=O)N[C@@H](C(=O)N1CCCC1c1nc2ccc(-c3csc4c(B5OC(C)(C)C(C)(C)O5)csc34)cc2[nH]1)c1ccccc1. The van der Waals surface area contributed by atoms with Gasteiger partial charge in [-0.15, -0.1) is 22.7 Å². The molecule has 45 heavy (non-hydrogen) atoms. The van der Waals surface area contributed by atoms with Crippen LogP contribution in [0.2, 0.25) is 0 Å². The molecule has 5 heterocycles. The third-order valence-corrected chi connectivity index (χ3v) is 11.5. The van der Waals surface area contributed by atoms with E-state index in [1.165, 1.54) is 16.5 Å². The van der Waals surface area contributed by atoms with E-state index >= 15 is 0 Å². The van der Waals surface area contributed by atoms with E-state index in [-0.39, 0.29) is 11.9 Å². The Morgan fingerprint density at radius 3 is 2.53 bits per heavy atom. The number of alkyl carbamates (subject to hydrolysis) is 1. The molecule has 2 saturated heterocycles. The number of hydrogen-bond acceptors (Lipinski definition) is 8. The maximum Gasteiger partial charge on any atom is 0.497 e. The van der Waals surface area contributed by atoms with Gasteiger partial charge >= 0.3 is 13.2 Å². The van der Waals surface area contributed by atoms with Crippen molar-refractivity contribution in [1.82, 2.24) is 20.2 Å². The average molecular weight is 643 g/mol. The van der Waals surface area contributed by atoms with E-state index in [1.807, 2.05) is 41.3 Å². The summed E-state index contributed by atoms with van der Waals surface area (Å²) < 4.78 is 19.9. The van der Waals surface area contributed by atoms with E-state index in [1.54, 1.807) is 22.7 Å². The fraction of sp³-hybridized carbons (Fsp3) is 0.364. The van der Waals surface area contributed by atoms with Gasteiger partial charge in [-0.2, -0.15) is 0 Å². The van der Waals surface area contributed by atoms with Crippen LogP contribution >= 0.6 is 22.7 Å². The number of methoxy groups -OCH3 is 1. The lowest BCUT2D eigenvalue weighted by Crippen LogP contribution is -2.42. The van der Waals surface area contributed by atoms with Crippen molar-refractivity contribution in [2.75, 3.05) is 13.7 Å². The number of benzene rings is 2. The minimum absolute atomic E-state index is 0.189. The fourth-order valence-corrected chi connectivity index (χ4v) is 8.55. The van der Waals surface area contributed by atoms with Crippen LogP contribution in [-0.4, -0.2) is 58.8 Å². The predicted molar refractivity (Wildman–Crippen MR) is 179 cm³/mol. The van der Waals surface area contributed by atoms with Gasteiger partial charge in [-0.3, -0.25) is 4.79 Å². The lowest BCUT2D eigenvalue weighted by Gasteiger charge is -2.32. The van der Waals surface area contributed by atoms with Crippen molar-refractivity contribution in [2.45, 2.75) is 63.8 Å². The summed E-state index contributed by atoms with van der Waals surface area (Å²) >= 11 is 3.42. The van der Waals surface area contributed by atoms with E-state index in [2.05, 4.69) is 60.9 Å². The van der Waals surface area contributed by atoms with E-state index in [0.717, 1.165) is 46.3 Å². The second-order valence-electron chi connectivity index (χ2n) is 12.6. The zero-order valence-corrected chi connectivity index (χ0v) is 27.5. The average Bonchev–Trinajstić information content (AvgIpc) is 3.84. The topological polar surface area (TPSA) is 106 Å². The van der Waals surface area contributed by atoms with Crippen LogP contribution in [0.1, 0.15) is 64.0 Å². The maximum absolute atomic E-state index is 13.9. The van der Waals surface area contributed by atoms with Gasteiger partial charge in [-0.25, -0.2) is 9.78 Å². The van der Waals surface area contributed by atoms with Gasteiger partial charge in [0.05, 0.1) is 40.1 Å². The molecule has 2 aliphatic rings. The van der Waals surface area contributed by atoms with Gasteiger partial charge in [0, 0.05) is 27.7 Å². The monoisotopic (exact) mass is 642 g/mol.